The van der Waals surface area contributed by atoms with E-state index in [0.717, 1.165) is 55.9 Å². The number of hydrogen-bond acceptors (Lipinski definition) is 3. The Balaban J connectivity index is 1.18. The molecule has 12 rings (SSSR count). The molecule has 0 saturated heterocycles. The zero-order valence-corrected chi connectivity index (χ0v) is 37.3. The zero-order valence-electron chi connectivity index (χ0n) is 37.3. The van der Waals surface area contributed by atoms with E-state index in [9.17, 15) is 0 Å². The lowest BCUT2D eigenvalue weighted by atomic mass is 9.70. The average molecular weight is 827 g/mol. The molecule has 0 fully saturated rings. The Morgan fingerprint density at radius 2 is 1.03 bits per heavy atom. The maximum absolute atomic E-state index is 7.25. The number of anilines is 5. The SMILES string of the molecule is CC(C)(C)c1ccc(Nc2ccc3c(c2)C2(c4ccccc4-c4ccccc42)c2cc(N(c4ccc(C(C)(C)C)cc4)c4ccc5ccccc5c4)c4c(oc5ccccc54)c2-3)cc1. The second-order valence-corrected chi connectivity index (χ2v) is 19.8. The third-order valence-corrected chi connectivity index (χ3v) is 13.9. The van der Waals surface area contributed by atoms with E-state index < -0.39 is 5.41 Å². The summed E-state index contributed by atoms with van der Waals surface area (Å²) in [4.78, 5) is 2.47. The number of nitrogens with zero attached hydrogens (tertiary/aromatic N) is 1. The molecule has 0 atom stereocenters. The van der Waals surface area contributed by atoms with Gasteiger partial charge in [-0.05, 0) is 132 Å². The lowest BCUT2D eigenvalue weighted by molar-refractivity contribution is 0.590. The van der Waals surface area contributed by atoms with Crippen LogP contribution in [0.1, 0.15) is 74.9 Å². The molecule has 0 saturated carbocycles. The van der Waals surface area contributed by atoms with Crippen molar-refractivity contribution in [3.05, 3.63) is 221 Å². The lowest BCUT2D eigenvalue weighted by Crippen LogP contribution is -2.26. The topological polar surface area (TPSA) is 28.4 Å². The van der Waals surface area contributed by atoms with Crippen molar-refractivity contribution in [2.24, 2.45) is 0 Å². The van der Waals surface area contributed by atoms with Crippen molar-refractivity contribution in [1.29, 1.82) is 0 Å². The highest BCUT2D eigenvalue weighted by Crippen LogP contribution is 2.66. The molecule has 0 aliphatic heterocycles. The predicted octanol–water partition coefficient (Wildman–Crippen LogP) is 16.9. The number of para-hydroxylation sites is 1. The number of nitrogens with one attached hydrogen (secondary N) is 1. The van der Waals surface area contributed by atoms with Gasteiger partial charge in [-0.25, -0.2) is 0 Å². The Hall–Kier alpha value is -7.36. The van der Waals surface area contributed by atoms with Crippen LogP contribution in [0.5, 0.6) is 0 Å². The average Bonchev–Trinajstić information content (AvgIpc) is 3.93. The number of benzene rings is 9. The van der Waals surface area contributed by atoms with Gasteiger partial charge in [0.1, 0.15) is 11.2 Å². The highest BCUT2D eigenvalue weighted by molar-refractivity contribution is 6.20. The minimum Gasteiger partial charge on any atom is -0.455 e. The number of fused-ring (bicyclic) bond motifs is 15. The summed E-state index contributed by atoms with van der Waals surface area (Å²) in [6.07, 6.45) is 0. The molecular weight excluding hydrogens is 777 g/mol. The third kappa shape index (κ3) is 5.66. The van der Waals surface area contributed by atoms with E-state index in [1.807, 2.05) is 0 Å². The Morgan fingerprint density at radius 3 is 1.72 bits per heavy atom. The number of furan rings is 1. The van der Waals surface area contributed by atoms with Gasteiger partial charge in [0.2, 0.25) is 0 Å². The lowest BCUT2D eigenvalue weighted by Gasteiger charge is -2.33. The van der Waals surface area contributed by atoms with Crippen molar-refractivity contribution in [2.45, 2.75) is 57.8 Å². The third-order valence-electron chi connectivity index (χ3n) is 13.9. The van der Waals surface area contributed by atoms with E-state index in [-0.39, 0.29) is 10.8 Å². The highest BCUT2D eigenvalue weighted by atomic mass is 16.3. The van der Waals surface area contributed by atoms with Crippen molar-refractivity contribution in [2.75, 3.05) is 10.2 Å². The van der Waals surface area contributed by atoms with Gasteiger partial charge in [-0.1, -0.05) is 169 Å². The first kappa shape index (κ1) is 38.3. The molecule has 2 aliphatic carbocycles. The molecule has 10 aromatic rings. The Morgan fingerprint density at radius 1 is 0.453 bits per heavy atom. The molecule has 0 amide bonds. The molecule has 0 bridgehead atoms. The Bertz CT molecular complexity index is 3440. The largest absolute Gasteiger partial charge is 0.455 e. The summed E-state index contributed by atoms with van der Waals surface area (Å²) in [5.41, 5.74) is 19.2. The van der Waals surface area contributed by atoms with Crippen LogP contribution in [0.25, 0.3) is 55.0 Å². The fraction of sp³-hybridized carbons (Fsp3) is 0.148. The van der Waals surface area contributed by atoms with Gasteiger partial charge < -0.3 is 14.6 Å². The summed E-state index contributed by atoms with van der Waals surface area (Å²) in [6.45, 7) is 13.6. The van der Waals surface area contributed by atoms with Crippen LogP contribution >= 0.6 is 0 Å². The second kappa shape index (κ2) is 13.8. The van der Waals surface area contributed by atoms with E-state index >= 15 is 0 Å². The number of hydrogen-bond donors (Lipinski definition) is 1. The summed E-state index contributed by atoms with van der Waals surface area (Å²) in [5, 5.41) is 8.43. The van der Waals surface area contributed by atoms with Crippen molar-refractivity contribution < 1.29 is 4.42 Å². The van der Waals surface area contributed by atoms with Gasteiger partial charge in [0.15, 0.2) is 0 Å². The van der Waals surface area contributed by atoms with Gasteiger partial charge >= 0.3 is 0 Å². The van der Waals surface area contributed by atoms with Gasteiger partial charge in [-0.15, -0.1) is 0 Å². The van der Waals surface area contributed by atoms with E-state index in [2.05, 4.69) is 240 Å². The molecule has 2 aliphatic rings. The van der Waals surface area contributed by atoms with Crippen molar-refractivity contribution >= 4 is 61.1 Å². The Kier molecular flexibility index (Phi) is 8.28. The summed E-state index contributed by atoms with van der Waals surface area (Å²) in [6, 6.07) is 69.8. The van der Waals surface area contributed by atoms with Crippen LogP contribution in [0.15, 0.2) is 192 Å². The predicted molar refractivity (Wildman–Crippen MR) is 269 cm³/mol. The standard InChI is InChI=1S/C61H50N2O/c1-59(2,3)40-24-28-42(29-25-40)62-43-30-34-48-52(36-43)61(50-20-12-9-17-46(50)47-18-10-13-21-51(47)61)53-37-54(57-49-19-11-14-22-55(49)64-58(57)56(48)53)63(44-32-26-41(27-33-44)60(4,5)6)45-31-23-38-15-7-8-16-39(38)35-45/h7-37,62H,1-6H3. The van der Waals surface area contributed by atoms with Gasteiger partial charge in [0.25, 0.3) is 0 Å². The Labute approximate surface area is 375 Å². The molecule has 310 valence electrons. The highest BCUT2D eigenvalue weighted by Gasteiger charge is 2.53. The summed E-state index contributed by atoms with van der Waals surface area (Å²) in [5.74, 6) is 0. The monoisotopic (exact) mass is 826 g/mol. The summed E-state index contributed by atoms with van der Waals surface area (Å²) >= 11 is 0. The molecule has 0 radical (unpaired) electrons. The van der Waals surface area contributed by atoms with Crippen LogP contribution in [-0.4, -0.2) is 0 Å². The van der Waals surface area contributed by atoms with Crippen LogP contribution in [0.3, 0.4) is 0 Å². The van der Waals surface area contributed by atoms with Crippen LogP contribution in [0.4, 0.5) is 28.4 Å². The number of rotatable bonds is 5. The first-order chi connectivity index (χ1) is 31.0. The first-order valence-corrected chi connectivity index (χ1v) is 22.6. The maximum Gasteiger partial charge on any atom is 0.145 e. The minimum absolute atomic E-state index is 0.0128. The smallest absolute Gasteiger partial charge is 0.145 e. The van der Waals surface area contributed by atoms with Crippen LogP contribution in [0, 0.1) is 0 Å². The molecule has 64 heavy (non-hydrogen) atoms. The van der Waals surface area contributed by atoms with Gasteiger partial charge in [-0.2, -0.15) is 0 Å². The first-order valence-electron chi connectivity index (χ1n) is 22.6. The fourth-order valence-electron chi connectivity index (χ4n) is 10.8. The normalized spacial score (nSPS) is 13.6. The molecule has 3 nitrogen and oxygen atoms in total. The maximum atomic E-state index is 7.25. The summed E-state index contributed by atoms with van der Waals surface area (Å²) in [7, 11) is 0. The fourth-order valence-corrected chi connectivity index (χ4v) is 10.8. The van der Waals surface area contributed by atoms with Crippen LogP contribution < -0.4 is 10.2 Å². The van der Waals surface area contributed by atoms with Gasteiger partial charge in [0.05, 0.1) is 16.5 Å². The van der Waals surface area contributed by atoms with Crippen molar-refractivity contribution in [3.63, 3.8) is 0 Å². The van der Waals surface area contributed by atoms with E-state index in [1.54, 1.807) is 0 Å². The molecule has 1 N–H and O–H groups in total. The molecule has 1 heterocycles. The molecule has 0 unspecified atom stereocenters. The second-order valence-electron chi connectivity index (χ2n) is 19.8. The minimum atomic E-state index is -0.626. The molecule has 1 aromatic heterocycles. The van der Waals surface area contributed by atoms with Crippen LogP contribution in [-0.2, 0) is 16.2 Å². The zero-order chi connectivity index (χ0) is 43.5. The van der Waals surface area contributed by atoms with E-state index in [4.69, 9.17) is 4.42 Å². The van der Waals surface area contributed by atoms with Gasteiger partial charge in [-0.3, -0.25) is 0 Å². The van der Waals surface area contributed by atoms with Crippen molar-refractivity contribution in [3.8, 4) is 22.3 Å². The van der Waals surface area contributed by atoms with Crippen molar-refractivity contribution in [1.82, 2.24) is 0 Å². The molecule has 9 aromatic carbocycles. The molecule has 3 heteroatoms. The quantitative estimate of drug-likeness (QED) is 0.187. The van der Waals surface area contributed by atoms with E-state index in [1.165, 1.54) is 60.8 Å². The van der Waals surface area contributed by atoms with E-state index in [0.29, 0.717) is 0 Å². The van der Waals surface area contributed by atoms with Gasteiger partial charge in [0, 0.05) is 33.7 Å². The summed E-state index contributed by atoms with van der Waals surface area (Å²) < 4.78 is 7.25. The molecule has 1 spiro atoms. The molecular formula is C61H50N2O. The van der Waals surface area contributed by atoms with Crippen LogP contribution in [0.2, 0.25) is 0 Å².